The molecule has 0 fully saturated rings. The number of thioether (sulfide) groups is 1. The second kappa shape index (κ2) is 9.73. The van der Waals surface area contributed by atoms with Gasteiger partial charge in [-0.3, -0.25) is 14.7 Å². The highest BCUT2D eigenvalue weighted by Gasteiger charge is 2.21. The zero-order valence-electron chi connectivity index (χ0n) is 16.5. The van der Waals surface area contributed by atoms with Crippen LogP contribution in [0.5, 0.6) is 5.75 Å². The number of pyridine rings is 1. The fraction of sp³-hybridized carbons (Fsp3) is 0.174. The lowest BCUT2D eigenvalue weighted by Crippen LogP contribution is -2.30. The summed E-state index contributed by atoms with van der Waals surface area (Å²) in [4.78, 5) is 25.2. The van der Waals surface area contributed by atoms with Crippen LogP contribution in [0.4, 0.5) is 5.13 Å². The van der Waals surface area contributed by atoms with Crippen LogP contribution in [-0.4, -0.2) is 28.7 Å². The van der Waals surface area contributed by atoms with Crippen molar-refractivity contribution in [2.24, 2.45) is 0 Å². The molecule has 1 amide bonds. The van der Waals surface area contributed by atoms with Crippen LogP contribution in [-0.2, 0) is 11.3 Å². The van der Waals surface area contributed by atoms with E-state index in [0.717, 1.165) is 26.6 Å². The summed E-state index contributed by atoms with van der Waals surface area (Å²) < 4.78 is 6.32. The van der Waals surface area contributed by atoms with E-state index >= 15 is 0 Å². The highest BCUT2D eigenvalue weighted by Crippen LogP contribution is 2.32. The van der Waals surface area contributed by atoms with Gasteiger partial charge in [-0.05, 0) is 36.4 Å². The summed E-state index contributed by atoms with van der Waals surface area (Å²) in [6, 6.07) is 21.6. The van der Waals surface area contributed by atoms with Crippen LogP contribution >= 0.6 is 23.1 Å². The van der Waals surface area contributed by atoms with E-state index in [2.05, 4.69) is 17.1 Å². The smallest absolute Gasteiger partial charge is 0.229 e. The first-order valence-electron chi connectivity index (χ1n) is 9.55. The first-order valence-corrected chi connectivity index (χ1v) is 11.4. The Morgan fingerprint density at radius 3 is 2.70 bits per heavy atom. The Bertz CT molecular complexity index is 1120. The summed E-state index contributed by atoms with van der Waals surface area (Å²) in [7, 11) is 1.63. The third kappa shape index (κ3) is 4.98. The van der Waals surface area contributed by atoms with E-state index < -0.39 is 0 Å². The number of fused-ring (bicyclic) bond motifs is 1. The minimum absolute atomic E-state index is 0.0371. The highest BCUT2D eigenvalue weighted by molar-refractivity contribution is 7.99. The maximum absolute atomic E-state index is 13.2. The van der Waals surface area contributed by atoms with Crippen molar-refractivity contribution in [1.82, 2.24) is 9.97 Å². The van der Waals surface area contributed by atoms with E-state index in [4.69, 9.17) is 9.72 Å². The number of nitrogens with zero attached hydrogens (tertiary/aromatic N) is 3. The van der Waals surface area contributed by atoms with Crippen molar-refractivity contribution in [2.75, 3.05) is 17.8 Å². The van der Waals surface area contributed by atoms with Crippen LogP contribution in [0.3, 0.4) is 0 Å². The van der Waals surface area contributed by atoms with Gasteiger partial charge in [0.2, 0.25) is 5.91 Å². The maximum atomic E-state index is 13.2. The van der Waals surface area contributed by atoms with Gasteiger partial charge in [0.1, 0.15) is 5.75 Å². The van der Waals surface area contributed by atoms with Gasteiger partial charge >= 0.3 is 0 Å². The van der Waals surface area contributed by atoms with Crippen LogP contribution in [0, 0.1) is 0 Å². The summed E-state index contributed by atoms with van der Waals surface area (Å²) in [5.74, 6) is 1.50. The molecule has 0 unspecified atom stereocenters. The van der Waals surface area contributed by atoms with Gasteiger partial charge in [0.15, 0.2) is 5.13 Å². The summed E-state index contributed by atoms with van der Waals surface area (Å²) in [5, 5.41) is 0.679. The van der Waals surface area contributed by atoms with Gasteiger partial charge in [0.25, 0.3) is 0 Å². The minimum Gasteiger partial charge on any atom is -0.497 e. The molecule has 0 saturated carbocycles. The predicted molar refractivity (Wildman–Crippen MR) is 123 cm³/mol. The SMILES string of the molecule is COc1ccc2sc(N(Cc3ccccn3)C(=O)CCSc3ccccc3)nc2c1. The average Bonchev–Trinajstić information content (AvgIpc) is 3.21. The van der Waals surface area contributed by atoms with Gasteiger partial charge in [-0.1, -0.05) is 35.6 Å². The first-order chi connectivity index (χ1) is 14.7. The fourth-order valence-corrected chi connectivity index (χ4v) is 4.79. The number of rotatable bonds is 8. The molecule has 0 spiro atoms. The molecule has 7 heteroatoms. The second-order valence-corrected chi connectivity index (χ2v) is 8.72. The Balaban J connectivity index is 1.55. The molecule has 0 aliphatic carbocycles. The molecule has 0 N–H and O–H groups in total. The minimum atomic E-state index is 0.0371. The maximum Gasteiger partial charge on any atom is 0.229 e. The van der Waals surface area contributed by atoms with E-state index in [1.165, 1.54) is 11.3 Å². The van der Waals surface area contributed by atoms with Crippen molar-refractivity contribution in [2.45, 2.75) is 17.9 Å². The molecule has 4 aromatic rings. The molecule has 0 bridgehead atoms. The zero-order chi connectivity index (χ0) is 20.8. The average molecular weight is 436 g/mol. The molecule has 5 nitrogen and oxygen atoms in total. The number of methoxy groups -OCH3 is 1. The third-order valence-electron chi connectivity index (χ3n) is 4.49. The number of amides is 1. The van der Waals surface area contributed by atoms with Gasteiger partial charge in [-0.25, -0.2) is 4.98 Å². The molecule has 30 heavy (non-hydrogen) atoms. The molecule has 4 rings (SSSR count). The van der Waals surface area contributed by atoms with E-state index in [1.54, 1.807) is 30.0 Å². The number of hydrogen-bond donors (Lipinski definition) is 0. The predicted octanol–water partition coefficient (Wildman–Crippen LogP) is 5.42. The molecule has 2 aromatic heterocycles. The Morgan fingerprint density at radius 2 is 1.93 bits per heavy atom. The Kier molecular flexibility index (Phi) is 6.61. The number of thiazole rings is 1. The first kappa shape index (κ1) is 20.4. The molecule has 2 heterocycles. The lowest BCUT2D eigenvalue weighted by atomic mass is 10.3. The van der Waals surface area contributed by atoms with Gasteiger partial charge in [-0.15, -0.1) is 11.8 Å². The summed E-state index contributed by atoms with van der Waals surface area (Å²) in [5.41, 5.74) is 1.66. The molecular weight excluding hydrogens is 414 g/mol. The van der Waals surface area contributed by atoms with Crippen molar-refractivity contribution < 1.29 is 9.53 Å². The van der Waals surface area contributed by atoms with Crippen LogP contribution in [0.1, 0.15) is 12.1 Å². The number of carbonyl (C=O) groups is 1. The van der Waals surface area contributed by atoms with E-state index in [9.17, 15) is 4.79 Å². The summed E-state index contributed by atoms with van der Waals surface area (Å²) in [6.07, 6.45) is 2.16. The quantitative estimate of drug-likeness (QED) is 0.346. The normalized spacial score (nSPS) is 10.8. The van der Waals surface area contributed by atoms with Crippen molar-refractivity contribution in [3.05, 3.63) is 78.6 Å². The second-order valence-electron chi connectivity index (χ2n) is 6.54. The van der Waals surface area contributed by atoms with E-state index in [1.807, 2.05) is 54.6 Å². The largest absolute Gasteiger partial charge is 0.497 e. The Labute approximate surface area is 183 Å². The van der Waals surface area contributed by atoms with Crippen molar-refractivity contribution in [3.63, 3.8) is 0 Å². The third-order valence-corrected chi connectivity index (χ3v) is 6.56. The number of hydrogen-bond acceptors (Lipinski definition) is 6. The summed E-state index contributed by atoms with van der Waals surface area (Å²) >= 11 is 3.19. The fourth-order valence-electron chi connectivity index (χ4n) is 2.96. The van der Waals surface area contributed by atoms with Gasteiger partial charge in [0.05, 0.1) is 29.6 Å². The van der Waals surface area contributed by atoms with Crippen molar-refractivity contribution in [3.8, 4) is 5.75 Å². The van der Waals surface area contributed by atoms with Gasteiger partial charge < -0.3 is 4.74 Å². The molecule has 2 aromatic carbocycles. The molecule has 0 aliphatic heterocycles. The van der Waals surface area contributed by atoms with Crippen LogP contribution in [0.15, 0.2) is 77.8 Å². The number of carbonyl (C=O) groups excluding carboxylic acids is 1. The molecule has 0 radical (unpaired) electrons. The standard InChI is InChI=1S/C23H21N3O2S2/c1-28-18-10-11-21-20(15-18)25-23(30-21)26(16-17-7-5-6-13-24-17)22(27)12-14-29-19-8-3-2-4-9-19/h2-11,13,15H,12,14,16H2,1H3. The summed E-state index contributed by atoms with van der Waals surface area (Å²) in [6.45, 7) is 0.395. The number of ether oxygens (including phenoxy) is 1. The lowest BCUT2D eigenvalue weighted by molar-refractivity contribution is -0.118. The van der Waals surface area contributed by atoms with E-state index in [0.29, 0.717) is 23.8 Å². The van der Waals surface area contributed by atoms with Gasteiger partial charge in [-0.2, -0.15) is 0 Å². The lowest BCUT2D eigenvalue weighted by Gasteiger charge is -2.19. The molecule has 0 aliphatic rings. The van der Waals surface area contributed by atoms with Crippen molar-refractivity contribution in [1.29, 1.82) is 0 Å². The molecule has 0 saturated heterocycles. The molecule has 0 atom stereocenters. The molecule has 152 valence electrons. The van der Waals surface area contributed by atoms with Crippen molar-refractivity contribution >= 4 is 44.4 Å². The number of anilines is 1. The Hall–Kier alpha value is -2.90. The van der Waals surface area contributed by atoms with Gasteiger partial charge in [0, 0.05) is 29.3 Å². The van der Waals surface area contributed by atoms with Crippen LogP contribution in [0.25, 0.3) is 10.2 Å². The number of aromatic nitrogens is 2. The molecular formula is C23H21N3O2S2. The zero-order valence-corrected chi connectivity index (χ0v) is 18.2. The Morgan fingerprint density at radius 1 is 1.10 bits per heavy atom. The monoisotopic (exact) mass is 435 g/mol. The topological polar surface area (TPSA) is 55.3 Å². The van der Waals surface area contributed by atoms with Crippen LogP contribution < -0.4 is 9.64 Å². The van der Waals surface area contributed by atoms with E-state index in [-0.39, 0.29) is 5.91 Å². The number of benzene rings is 2. The van der Waals surface area contributed by atoms with Crippen LogP contribution in [0.2, 0.25) is 0 Å². The highest BCUT2D eigenvalue weighted by atomic mass is 32.2.